The van der Waals surface area contributed by atoms with Crippen LogP contribution in [-0.4, -0.2) is 46.7 Å². The van der Waals surface area contributed by atoms with E-state index in [1.807, 2.05) is 6.92 Å². The van der Waals surface area contributed by atoms with E-state index in [0.29, 0.717) is 11.3 Å². The zero-order valence-corrected chi connectivity index (χ0v) is 19.5. The minimum absolute atomic E-state index is 0.0557. The Morgan fingerprint density at radius 2 is 1.82 bits per heavy atom. The number of ether oxygens (including phenoxy) is 1. The van der Waals surface area contributed by atoms with Crippen molar-refractivity contribution in [2.24, 2.45) is 5.41 Å². The zero-order valence-electron chi connectivity index (χ0n) is 18.8. The van der Waals surface area contributed by atoms with Gasteiger partial charge in [-0.05, 0) is 51.7 Å². The van der Waals surface area contributed by atoms with Crippen molar-refractivity contribution in [2.75, 3.05) is 18.1 Å². The van der Waals surface area contributed by atoms with Crippen LogP contribution in [0.5, 0.6) is 0 Å². The molecule has 0 bridgehead atoms. The average molecular weight is 475 g/mol. The molecule has 9 heteroatoms. The molecule has 1 N–H and O–H groups in total. The number of aromatic nitrogens is 2. The Balaban J connectivity index is 1.69. The summed E-state index contributed by atoms with van der Waals surface area (Å²) in [7, 11) is 0. The number of amides is 2. The molecule has 1 aromatic carbocycles. The Morgan fingerprint density at radius 3 is 2.33 bits per heavy atom. The van der Waals surface area contributed by atoms with Gasteiger partial charge in [-0.2, -0.15) is 0 Å². The highest BCUT2D eigenvalue weighted by molar-refractivity contribution is 6.32. The highest BCUT2D eigenvalue weighted by atomic mass is 35.5. The number of carbonyl (C=O) groups is 2. The topological polar surface area (TPSA) is 84.4 Å². The minimum Gasteiger partial charge on any atom is -0.380 e. The van der Waals surface area contributed by atoms with Gasteiger partial charge < -0.3 is 10.1 Å². The first kappa shape index (κ1) is 23.6. The molecule has 1 saturated carbocycles. The molecule has 33 heavy (non-hydrogen) atoms. The third kappa shape index (κ3) is 4.59. The maximum Gasteiger partial charge on any atom is 0.278 e. The van der Waals surface area contributed by atoms with Crippen LogP contribution in [0.15, 0.2) is 43.0 Å². The molecule has 2 heterocycles. The van der Waals surface area contributed by atoms with Crippen LogP contribution in [-0.2, 0) is 19.9 Å². The maximum absolute atomic E-state index is 14.2. The van der Waals surface area contributed by atoms with Crippen molar-refractivity contribution in [3.05, 3.63) is 54.1 Å². The second-order valence-corrected chi connectivity index (χ2v) is 9.63. The number of hydrogen-bond acceptors (Lipinski definition) is 5. The van der Waals surface area contributed by atoms with Crippen molar-refractivity contribution in [1.82, 2.24) is 15.3 Å². The summed E-state index contributed by atoms with van der Waals surface area (Å²) >= 11 is 5.62. The van der Waals surface area contributed by atoms with E-state index in [1.54, 1.807) is 31.2 Å². The number of aryl methyl sites for hydroxylation is 1. The van der Waals surface area contributed by atoms with Gasteiger partial charge in [0.1, 0.15) is 6.33 Å². The van der Waals surface area contributed by atoms with Crippen molar-refractivity contribution in [1.29, 1.82) is 0 Å². The van der Waals surface area contributed by atoms with Gasteiger partial charge in [-0.3, -0.25) is 14.5 Å². The number of nitrogens with zero attached hydrogens (tertiary/aromatic N) is 3. The average Bonchev–Trinajstić information content (AvgIpc) is 2.80. The highest BCUT2D eigenvalue weighted by Gasteiger charge is 2.48. The first-order valence-corrected chi connectivity index (χ1v) is 11.5. The van der Waals surface area contributed by atoms with Crippen LogP contribution >= 0.6 is 11.6 Å². The molecule has 1 saturated heterocycles. The van der Waals surface area contributed by atoms with E-state index in [2.05, 4.69) is 15.3 Å². The standard InChI is InChI=1S/C24H28ClFN4O3/c1-16-3-5-19(6-4-16)30(21(31)20(25)26)23(2,17-11-27-15-28-12-17)22(32)29-18-7-9-24(10-8-18)13-33-14-24/h3-6,11-12,15,18,20H,7-10,13-14H2,1-2H3,(H,29,32)/t20-,23-/m0/s1. The smallest absolute Gasteiger partial charge is 0.278 e. The summed E-state index contributed by atoms with van der Waals surface area (Å²) < 4.78 is 19.6. The van der Waals surface area contributed by atoms with Crippen molar-refractivity contribution in [3.63, 3.8) is 0 Å². The second kappa shape index (κ2) is 9.35. The lowest BCUT2D eigenvalue weighted by Crippen LogP contribution is -2.60. The van der Waals surface area contributed by atoms with Crippen LogP contribution in [0.4, 0.5) is 10.1 Å². The molecule has 7 nitrogen and oxygen atoms in total. The van der Waals surface area contributed by atoms with E-state index < -0.39 is 23.0 Å². The molecule has 1 aliphatic carbocycles. The maximum atomic E-state index is 14.2. The lowest BCUT2D eigenvalue weighted by Gasteiger charge is -2.47. The number of benzene rings is 1. The van der Waals surface area contributed by atoms with Crippen molar-refractivity contribution in [2.45, 2.75) is 56.7 Å². The number of anilines is 1. The van der Waals surface area contributed by atoms with Crippen molar-refractivity contribution in [3.8, 4) is 0 Å². The Labute approximate surface area is 197 Å². The molecule has 2 aliphatic rings. The number of alkyl halides is 2. The fourth-order valence-corrected chi connectivity index (χ4v) is 4.79. The Bertz CT molecular complexity index is 991. The fraction of sp³-hybridized carbons (Fsp3) is 0.500. The van der Waals surface area contributed by atoms with E-state index in [4.69, 9.17) is 16.3 Å². The predicted molar refractivity (Wildman–Crippen MR) is 122 cm³/mol. The van der Waals surface area contributed by atoms with Crippen LogP contribution < -0.4 is 10.2 Å². The van der Waals surface area contributed by atoms with Gasteiger partial charge in [-0.1, -0.05) is 29.3 Å². The van der Waals surface area contributed by atoms with Crippen molar-refractivity contribution < 1.29 is 18.7 Å². The van der Waals surface area contributed by atoms with Gasteiger partial charge in [0.25, 0.3) is 17.4 Å². The minimum atomic E-state index is -2.32. The van der Waals surface area contributed by atoms with Crippen molar-refractivity contribution >= 4 is 29.1 Å². The second-order valence-electron chi connectivity index (χ2n) is 9.25. The molecule has 2 amide bonds. The lowest BCUT2D eigenvalue weighted by atomic mass is 9.71. The van der Waals surface area contributed by atoms with E-state index in [-0.39, 0.29) is 11.5 Å². The number of nitrogens with one attached hydrogen (secondary N) is 1. The largest absolute Gasteiger partial charge is 0.380 e. The summed E-state index contributed by atoms with van der Waals surface area (Å²) in [6.07, 6.45) is 7.83. The van der Waals surface area contributed by atoms with Crippen LogP contribution in [0.1, 0.15) is 43.7 Å². The van der Waals surface area contributed by atoms with E-state index in [0.717, 1.165) is 49.4 Å². The molecule has 0 unspecified atom stereocenters. The molecule has 0 radical (unpaired) electrons. The summed E-state index contributed by atoms with van der Waals surface area (Å²) in [5, 5.41) is 3.10. The Kier molecular flexibility index (Phi) is 6.68. The molecule has 1 aliphatic heterocycles. The first-order valence-electron chi connectivity index (χ1n) is 11.1. The molecule has 1 aromatic heterocycles. The third-order valence-corrected chi connectivity index (χ3v) is 7.10. The van der Waals surface area contributed by atoms with Crippen LogP contribution in [0.2, 0.25) is 0 Å². The monoisotopic (exact) mass is 474 g/mol. The van der Waals surface area contributed by atoms with Gasteiger partial charge in [-0.15, -0.1) is 0 Å². The van der Waals surface area contributed by atoms with Gasteiger partial charge in [-0.25, -0.2) is 14.4 Å². The molecule has 2 fully saturated rings. The Morgan fingerprint density at radius 1 is 1.21 bits per heavy atom. The fourth-order valence-electron chi connectivity index (χ4n) is 4.69. The van der Waals surface area contributed by atoms with Crippen LogP contribution in [0.25, 0.3) is 0 Å². The van der Waals surface area contributed by atoms with Crippen LogP contribution in [0.3, 0.4) is 0 Å². The lowest BCUT2D eigenvalue weighted by molar-refractivity contribution is -0.139. The molecule has 4 rings (SSSR count). The summed E-state index contributed by atoms with van der Waals surface area (Å²) in [6, 6.07) is 6.86. The highest BCUT2D eigenvalue weighted by Crippen LogP contribution is 2.42. The van der Waals surface area contributed by atoms with Gasteiger partial charge in [0.05, 0.1) is 13.2 Å². The molecule has 1 spiro atoms. The summed E-state index contributed by atoms with van der Waals surface area (Å²) in [6.45, 7) is 5.02. The van der Waals surface area contributed by atoms with Crippen LogP contribution in [0, 0.1) is 12.3 Å². The molecule has 176 valence electrons. The molecule has 2 atom stereocenters. The zero-order chi connectivity index (χ0) is 23.6. The van der Waals surface area contributed by atoms with Gasteiger partial charge >= 0.3 is 0 Å². The molecule has 2 aromatic rings. The molecular formula is C24H28ClFN4O3. The van der Waals surface area contributed by atoms with E-state index >= 15 is 0 Å². The van der Waals surface area contributed by atoms with Gasteiger partial charge in [0.15, 0.2) is 5.54 Å². The quantitative estimate of drug-likeness (QED) is 0.646. The summed E-state index contributed by atoms with van der Waals surface area (Å²) in [5.41, 5.74) is -2.04. The first-order chi connectivity index (χ1) is 15.7. The summed E-state index contributed by atoms with van der Waals surface area (Å²) in [5.74, 6) is -1.47. The number of carbonyl (C=O) groups excluding carboxylic acids is 2. The third-order valence-electron chi connectivity index (χ3n) is 6.91. The van der Waals surface area contributed by atoms with E-state index in [9.17, 15) is 14.0 Å². The van der Waals surface area contributed by atoms with E-state index in [1.165, 1.54) is 18.7 Å². The predicted octanol–water partition coefficient (Wildman–Crippen LogP) is 3.64. The number of hydrogen-bond donors (Lipinski definition) is 1. The summed E-state index contributed by atoms with van der Waals surface area (Å²) in [4.78, 5) is 36.1. The normalized spacial score (nSPS) is 20.4. The molecular weight excluding hydrogens is 447 g/mol. The van der Waals surface area contributed by atoms with Gasteiger partial charge in [0.2, 0.25) is 0 Å². The number of rotatable bonds is 6. The number of halogens is 2. The Hall–Kier alpha value is -2.58. The van der Waals surface area contributed by atoms with Gasteiger partial charge in [0, 0.05) is 35.1 Å². The SMILES string of the molecule is Cc1ccc(N(C(=O)[C@H](F)Cl)[C@](C)(C(=O)NC2CCC3(CC2)COC3)c2cncnc2)cc1.